The molecule has 0 heterocycles. The van der Waals surface area contributed by atoms with E-state index in [2.05, 4.69) is 0 Å². The normalized spacial score (nSPS) is 12.5. The van der Waals surface area contributed by atoms with Crippen molar-refractivity contribution in [3.8, 4) is 0 Å². The van der Waals surface area contributed by atoms with Crippen LogP contribution in [0.15, 0.2) is 36.4 Å². The zero-order valence-electron chi connectivity index (χ0n) is 12.9. The Balaban J connectivity index is 3.16. The molecule has 3 nitrogen and oxygen atoms in total. The van der Waals surface area contributed by atoms with Crippen molar-refractivity contribution >= 4 is 40.5 Å². The Kier molecular flexibility index (Phi) is 6.39. The lowest BCUT2D eigenvalue weighted by Crippen LogP contribution is -2.17. The standard InChI is InChI=1S/C17H18Cl2O3/c1-17(2,3)15(20)7-5-6-12(16(21)22-4)11-8-9-13(18)14(19)10-11/h5-10H,1-4H3/b7-5-,12-6+. The van der Waals surface area contributed by atoms with Gasteiger partial charge in [0.1, 0.15) is 0 Å². The number of ketones is 1. The second-order valence-corrected chi connectivity index (χ2v) is 6.49. The SMILES string of the molecule is COC(=O)/C(=C/C=C\C(=O)C(C)(C)C)c1ccc(Cl)c(Cl)c1. The van der Waals surface area contributed by atoms with Gasteiger partial charge in [0.25, 0.3) is 0 Å². The number of benzene rings is 1. The van der Waals surface area contributed by atoms with Crippen LogP contribution in [0.2, 0.25) is 10.0 Å². The maximum atomic E-state index is 11.9. The van der Waals surface area contributed by atoms with E-state index in [1.54, 1.807) is 18.2 Å². The fraction of sp³-hybridized carbons (Fsp3) is 0.294. The van der Waals surface area contributed by atoms with Crippen LogP contribution in [-0.4, -0.2) is 18.9 Å². The first kappa shape index (κ1) is 18.5. The van der Waals surface area contributed by atoms with Crippen LogP contribution in [-0.2, 0) is 14.3 Å². The predicted octanol–water partition coefficient (Wildman–Crippen LogP) is 4.72. The lowest BCUT2D eigenvalue weighted by atomic mass is 9.90. The van der Waals surface area contributed by atoms with Gasteiger partial charge in [0.2, 0.25) is 0 Å². The number of ether oxygens (including phenoxy) is 1. The van der Waals surface area contributed by atoms with Gasteiger partial charge in [0.05, 0.1) is 22.7 Å². The van der Waals surface area contributed by atoms with Crippen molar-refractivity contribution in [3.63, 3.8) is 0 Å². The lowest BCUT2D eigenvalue weighted by Gasteiger charge is -2.12. The molecule has 0 amide bonds. The van der Waals surface area contributed by atoms with Crippen molar-refractivity contribution in [2.24, 2.45) is 5.41 Å². The summed E-state index contributed by atoms with van der Waals surface area (Å²) in [5.74, 6) is -0.562. The first-order valence-corrected chi connectivity index (χ1v) is 7.39. The quantitative estimate of drug-likeness (QED) is 0.452. The molecule has 0 aromatic heterocycles. The Bertz CT molecular complexity index is 638. The summed E-state index contributed by atoms with van der Waals surface area (Å²) < 4.78 is 4.76. The summed E-state index contributed by atoms with van der Waals surface area (Å²) in [5, 5.41) is 0.733. The molecule has 0 spiro atoms. The van der Waals surface area contributed by atoms with Gasteiger partial charge in [-0.15, -0.1) is 0 Å². The molecule has 0 unspecified atom stereocenters. The van der Waals surface area contributed by atoms with Gasteiger partial charge in [0, 0.05) is 5.41 Å². The molecule has 0 aliphatic rings. The summed E-state index contributed by atoms with van der Waals surface area (Å²) in [5.41, 5.74) is 0.382. The van der Waals surface area contributed by atoms with Crippen molar-refractivity contribution in [2.75, 3.05) is 7.11 Å². The molecule has 0 fully saturated rings. The molecule has 1 aromatic carbocycles. The number of hydrogen-bond acceptors (Lipinski definition) is 3. The zero-order chi connectivity index (χ0) is 16.9. The van der Waals surface area contributed by atoms with E-state index in [4.69, 9.17) is 27.9 Å². The summed E-state index contributed by atoms with van der Waals surface area (Å²) >= 11 is 11.8. The Morgan fingerprint density at radius 1 is 1.14 bits per heavy atom. The van der Waals surface area contributed by atoms with Crippen LogP contribution >= 0.6 is 23.2 Å². The van der Waals surface area contributed by atoms with Gasteiger partial charge in [-0.1, -0.05) is 56.1 Å². The predicted molar refractivity (Wildman–Crippen MR) is 90.1 cm³/mol. The van der Waals surface area contributed by atoms with E-state index in [0.717, 1.165) is 0 Å². The molecular weight excluding hydrogens is 323 g/mol. The minimum absolute atomic E-state index is 0.0397. The van der Waals surface area contributed by atoms with Gasteiger partial charge in [-0.05, 0) is 29.8 Å². The molecule has 0 saturated heterocycles. The summed E-state index contributed by atoms with van der Waals surface area (Å²) in [7, 11) is 1.29. The third kappa shape index (κ3) is 5.00. The van der Waals surface area contributed by atoms with Crippen LogP contribution in [0.1, 0.15) is 26.3 Å². The third-order valence-corrected chi connectivity index (χ3v) is 3.62. The summed E-state index contributed by atoms with van der Waals surface area (Å²) in [6, 6.07) is 4.84. The van der Waals surface area contributed by atoms with E-state index in [0.29, 0.717) is 21.2 Å². The fourth-order valence-electron chi connectivity index (χ4n) is 1.54. The van der Waals surface area contributed by atoms with Crippen molar-refractivity contribution in [1.29, 1.82) is 0 Å². The van der Waals surface area contributed by atoms with Gasteiger partial charge in [-0.3, -0.25) is 4.79 Å². The molecule has 1 rings (SSSR count). The number of rotatable bonds is 4. The fourth-order valence-corrected chi connectivity index (χ4v) is 1.84. The van der Waals surface area contributed by atoms with Gasteiger partial charge < -0.3 is 4.74 Å². The first-order valence-electron chi connectivity index (χ1n) is 6.63. The molecule has 1 aromatic rings. The van der Waals surface area contributed by atoms with Crippen LogP contribution in [0.3, 0.4) is 0 Å². The molecule has 0 atom stereocenters. The van der Waals surface area contributed by atoms with Crippen molar-refractivity contribution in [3.05, 3.63) is 52.0 Å². The minimum atomic E-state index is -0.522. The van der Waals surface area contributed by atoms with Crippen LogP contribution < -0.4 is 0 Å². The Hall–Kier alpha value is -1.58. The molecule has 5 heteroatoms. The molecule has 0 aliphatic heterocycles. The second kappa shape index (κ2) is 7.61. The number of carbonyl (C=O) groups excluding carboxylic acids is 2. The van der Waals surface area contributed by atoms with E-state index in [1.807, 2.05) is 20.8 Å². The lowest BCUT2D eigenvalue weighted by molar-refractivity contribution is -0.133. The molecule has 0 aliphatic carbocycles. The van der Waals surface area contributed by atoms with Gasteiger partial charge in [-0.25, -0.2) is 4.79 Å². The molecule has 118 valence electrons. The maximum Gasteiger partial charge on any atom is 0.338 e. The topological polar surface area (TPSA) is 43.4 Å². The highest BCUT2D eigenvalue weighted by Gasteiger charge is 2.18. The van der Waals surface area contributed by atoms with Crippen molar-refractivity contribution in [2.45, 2.75) is 20.8 Å². The zero-order valence-corrected chi connectivity index (χ0v) is 14.5. The van der Waals surface area contributed by atoms with Crippen LogP contribution in [0, 0.1) is 5.41 Å². The molecule has 22 heavy (non-hydrogen) atoms. The van der Waals surface area contributed by atoms with Gasteiger partial charge >= 0.3 is 5.97 Å². The van der Waals surface area contributed by atoms with Crippen molar-refractivity contribution < 1.29 is 14.3 Å². The second-order valence-electron chi connectivity index (χ2n) is 5.67. The van der Waals surface area contributed by atoms with Gasteiger partial charge in [0.15, 0.2) is 5.78 Å². The van der Waals surface area contributed by atoms with Crippen LogP contribution in [0.4, 0.5) is 0 Å². The summed E-state index contributed by atoms with van der Waals surface area (Å²) in [4.78, 5) is 23.7. The molecule has 0 N–H and O–H groups in total. The molecule has 0 radical (unpaired) electrons. The van der Waals surface area contributed by atoms with Gasteiger partial charge in [-0.2, -0.15) is 0 Å². The largest absolute Gasteiger partial charge is 0.465 e. The Labute approximate surface area is 140 Å². The summed E-state index contributed by atoms with van der Waals surface area (Å²) in [6.45, 7) is 5.47. The highest BCUT2D eigenvalue weighted by atomic mass is 35.5. The molecule has 0 saturated carbocycles. The molecular formula is C17H18Cl2O3. The third-order valence-electron chi connectivity index (χ3n) is 2.89. The number of methoxy groups -OCH3 is 1. The van der Waals surface area contributed by atoms with Crippen molar-refractivity contribution in [1.82, 2.24) is 0 Å². The maximum absolute atomic E-state index is 11.9. The average molecular weight is 341 g/mol. The highest BCUT2D eigenvalue weighted by molar-refractivity contribution is 6.42. The average Bonchev–Trinajstić information content (AvgIpc) is 2.44. The van der Waals surface area contributed by atoms with E-state index in [1.165, 1.54) is 25.3 Å². The van der Waals surface area contributed by atoms with E-state index in [9.17, 15) is 9.59 Å². The van der Waals surface area contributed by atoms with E-state index < -0.39 is 11.4 Å². The Morgan fingerprint density at radius 2 is 1.77 bits per heavy atom. The Morgan fingerprint density at radius 3 is 2.27 bits per heavy atom. The number of halogens is 2. The van der Waals surface area contributed by atoms with Crippen LogP contribution in [0.25, 0.3) is 5.57 Å². The number of allylic oxidation sites excluding steroid dienone is 3. The summed E-state index contributed by atoms with van der Waals surface area (Å²) in [6.07, 6.45) is 4.48. The molecule has 0 bridgehead atoms. The van der Waals surface area contributed by atoms with E-state index >= 15 is 0 Å². The first-order chi connectivity index (χ1) is 10.2. The number of esters is 1. The number of hydrogen-bond donors (Lipinski definition) is 0. The minimum Gasteiger partial charge on any atom is -0.465 e. The smallest absolute Gasteiger partial charge is 0.338 e. The monoisotopic (exact) mass is 340 g/mol. The van der Waals surface area contributed by atoms with E-state index in [-0.39, 0.29) is 5.78 Å². The van der Waals surface area contributed by atoms with Crippen LogP contribution in [0.5, 0.6) is 0 Å². The number of carbonyl (C=O) groups is 2. The highest BCUT2D eigenvalue weighted by Crippen LogP contribution is 2.27.